The third-order valence-electron chi connectivity index (χ3n) is 2.73. The molecule has 2 aromatic rings. The maximum Gasteiger partial charge on any atom is 0.248 e. The molecule has 3 nitrogen and oxygen atoms in total. The number of carbonyl (C=O) groups is 1. The first-order chi connectivity index (χ1) is 10.1. The van der Waals surface area contributed by atoms with E-state index in [1.165, 1.54) is 6.08 Å². The van der Waals surface area contributed by atoms with E-state index >= 15 is 0 Å². The van der Waals surface area contributed by atoms with Crippen LogP contribution < -0.4 is 10.1 Å². The Kier molecular flexibility index (Phi) is 5.26. The number of rotatable bonds is 4. The van der Waals surface area contributed by atoms with Gasteiger partial charge in [0.25, 0.3) is 0 Å². The number of halogens is 2. The average molecular weight is 322 g/mol. The number of hydrogen-bond acceptors (Lipinski definition) is 2. The molecule has 0 radical (unpaired) electrons. The summed E-state index contributed by atoms with van der Waals surface area (Å²) in [5.74, 6) is 0.323. The lowest BCUT2D eigenvalue weighted by molar-refractivity contribution is -0.111. The van der Waals surface area contributed by atoms with Crippen LogP contribution in [0, 0.1) is 0 Å². The van der Waals surface area contributed by atoms with Gasteiger partial charge in [0.1, 0.15) is 5.75 Å². The molecule has 0 unspecified atom stereocenters. The van der Waals surface area contributed by atoms with Gasteiger partial charge in [0.2, 0.25) is 5.91 Å². The summed E-state index contributed by atoms with van der Waals surface area (Å²) < 4.78 is 5.07. The summed E-state index contributed by atoms with van der Waals surface area (Å²) in [5, 5.41) is 3.69. The molecule has 0 aliphatic carbocycles. The molecule has 0 saturated carbocycles. The largest absolute Gasteiger partial charge is 0.495 e. The standard InChI is InChI=1S/C16H13Cl2NO2/c1-21-15-8-6-11(10-13(15)18)7-9-16(20)19-14-5-3-2-4-12(14)17/h2-10H,1H3,(H,19,20)/b9-7+. The predicted octanol–water partition coefficient (Wildman–Crippen LogP) is 4.65. The quantitative estimate of drug-likeness (QED) is 0.832. The molecule has 0 heterocycles. The van der Waals surface area contributed by atoms with Gasteiger partial charge in [0, 0.05) is 6.08 Å². The van der Waals surface area contributed by atoms with Gasteiger partial charge in [-0.3, -0.25) is 4.79 Å². The number of anilines is 1. The minimum Gasteiger partial charge on any atom is -0.495 e. The van der Waals surface area contributed by atoms with Crippen LogP contribution in [0.5, 0.6) is 5.75 Å². The molecule has 1 N–H and O–H groups in total. The van der Waals surface area contributed by atoms with Crippen LogP contribution in [0.4, 0.5) is 5.69 Å². The molecule has 5 heteroatoms. The Labute approximate surface area is 133 Å². The summed E-state index contributed by atoms with van der Waals surface area (Å²) in [7, 11) is 1.55. The Morgan fingerprint density at radius 3 is 2.57 bits per heavy atom. The van der Waals surface area contributed by atoms with E-state index in [1.807, 2.05) is 6.07 Å². The fourth-order valence-electron chi connectivity index (χ4n) is 1.70. The third kappa shape index (κ3) is 4.25. The molecule has 108 valence electrons. The van der Waals surface area contributed by atoms with Crippen molar-refractivity contribution in [3.63, 3.8) is 0 Å². The second-order valence-corrected chi connectivity index (χ2v) is 5.01. The molecular weight excluding hydrogens is 309 g/mol. The maximum absolute atomic E-state index is 11.8. The van der Waals surface area contributed by atoms with E-state index in [4.69, 9.17) is 27.9 Å². The van der Waals surface area contributed by atoms with Crippen LogP contribution in [-0.2, 0) is 4.79 Å². The Balaban J connectivity index is 2.05. The topological polar surface area (TPSA) is 38.3 Å². The van der Waals surface area contributed by atoms with E-state index in [1.54, 1.807) is 49.6 Å². The van der Waals surface area contributed by atoms with Gasteiger partial charge >= 0.3 is 0 Å². The lowest BCUT2D eigenvalue weighted by Crippen LogP contribution is -2.07. The summed E-state index contributed by atoms with van der Waals surface area (Å²) >= 11 is 12.0. The van der Waals surface area contributed by atoms with E-state index in [0.717, 1.165) is 5.56 Å². The molecule has 0 aromatic heterocycles. The number of methoxy groups -OCH3 is 1. The molecule has 2 rings (SSSR count). The van der Waals surface area contributed by atoms with Crippen LogP contribution in [0.1, 0.15) is 5.56 Å². The number of amides is 1. The van der Waals surface area contributed by atoms with E-state index in [9.17, 15) is 4.79 Å². The molecule has 0 saturated heterocycles. The summed E-state index contributed by atoms with van der Waals surface area (Å²) in [6.45, 7) is 0. The molecule has 0 aliphatic heterocycles. The van der Waals surface area contributed by atoms with Crippen LogP contribution in [-0.4, -0.2) is 13.0 Å². The van der Waals surface area contributed by atoms with Crippen LogP contribution in [0.15, 0.2) is 48.5 Å². The Hall–Kier alpha value is -1.97. The van der Waals surface area contributed by atoms with Crippen molar-refractivity contribution in [3.05, 3.63) is 64.1 Å². The second-order valence-electron chi connectivity index (χ2n) is 4.20. The summed E-state index contributed by atoms with van der Waals surface area (Å²) in [5.41, 5.74) is 1.37. The van der Waals surface area contributed by atoms with Crippen LogP contribution in [0.2, 0.25) is 10.0 Å². The minimum atomic E-state index is -0.268. The highest BCUT2D eigenvalue weighted by atomic mass is 35.5. The molecule has 0 bridgehead atoms. The molecule has 0 aliphatic rings. The van der Waals surface area contributed by atoms with Gasteiger partial charge in [-0.15, -0.1) is 0 Å². The zero-order valence-corrected chi connectivity index (χ0v) is 12.8. The smallest absolute Gasteiger partial charge is 0.248 e. The van der Waals surface area contributed by atoms with Gasteiger partial charge in [-0.25, -0.2) is 0 Å². The number of para-hydroxylation sites is 1. The van der Waals surface area contributed by atoms with E-state index in [0.29, 0.717) is 21.5 Å². The number of carbonyl (C=O) groups excluding carboxylic acids is 1. The zero-order valence-electron chi connectivity index (χ0n) is 11.3. The highest BCUT2D eigenvalue weighted by Crippen LogP contribution is 2.25. The lowest BCUT2D eigenvalue weighted by Gasteiger charge is -2.04. The Bertz CT molecular complexity index is 684. The number of ether oxygens (including phenoxy) is 1. The first-order valence-corrected chi connectivity index (χ1v) is 6.93. The van der Waals surface area contributed by atoms with E-state index in [-0.39, 0.29) is 5.91 Å². The highest BCUT2D eigenvalue weighted by molar-refractivity contribution is 6.34. The van der Waals surface area contributed by atoms with Crippen molar-refractivity contribution in [2.45, 2.75) is 0 Å². The summed E-state index contributed by atoms with van der Waals surface area (Å²) in [6, 6.07) is 12.3. The van der Waals surface area contributed by atoms with Crippen molar-refractivity contribution in [3.8, 4) is 5.75 Å². The molecule has 21 heavy (non-hydrogen) atoms. The molecule has 2 aromatic carbocycles. The summed E-state index contributed by atoms with van der Waals surface area (Å²) in [4.78, 5) is 11.8. The van der Waals surface area contributed by atoms with Crippen molar-refractivity contribution in [1.82, 2.24) is 0 Å². The van der Waals surface area contributed by atoms with Crippen molar-refractivity contribution in [1.29, 1.82) is 0 Å². The van der Waals surface area contributed by atoms with Gasteiger partial charge in [0.05, 0.1) is 22.8 Å². The highest BCUT2D eigenvalue weighted by Gasteiger charge is 2.03. The van der Waals surface area contributed by atoms with E-state index in [2.05, 4.69) is 5.32 Å². The van der Waals surface area contributed by atoms with Gasteiger partial charge in [-0.05, 0) is 35.9 Å². The van der Waals surface area contributed by atoms with Gasteiger partial charge in [-0.2, -0.15) is 0 Å². The number of benzene rings is 2. The molecular formula is C16H13Cl2NO2. The SMILES string of the molecule is COc1ccc(/C=C/C(=O)Nc2ccccc2Cl)cc1Cl. The van der Waals surface area contributed by atoms with Crippen molar-refractivity contribution in [2.24, 2.45) is 0 Å². The van der Waals surface area contributed by atoms with Gasteiger partial charge in [-0.1, -0.05) is 41.4 Å². The Morgan fingerprint density at radius 1 is 1.14 bits per heavy atom. The predicted molar refractivity (Wildman–Crippen MR) is 87.1 cm³/mol. The van der Waals surface area contributed by atoms with Crippen molar-refractivity contribution < 1.29 is 9.53 Å². The molecule has 0 atom stereocenters. The van der Waals surface area contributed by atoms with E-state index < -0.39 is 0 Å². The van der Waals surface area contributed by atoms with Gasteiger partial charge < -0.3 is 10.1 Å². The van der Waals surface area contributed by atoms with Crippen LogP contribution in [0.25, 0.3) is 6.08 Å². The Morgan fingerprint density at radius 2 is 1.90 bits per heavy atom. The monoisotopic (exact) mass is 321 g/mol. The summed E-state index contributed by atoms with van der Waals surface area (Å²) in [6.07, 6.45) is 3.08. The molecule has 1 amide bonds. The fraction of sp³-hybridized carbons (Fsp3) is 0.0625. The van der Waals surface area contributed by atoms with Crippen LogP contribution >= 0.6 is 23.2 Å². The minimum absolute atomic E-state index is 0.268. The van der Waals surface area contributed by atoms with Crippen molar-refractivity contribution in [2.75, 3.05) is 12.4 Å². The molecule has 0 fully saturated rings. The first-order valence-electron chi connectivity index (χ1n) is 6.17. The molecule has 0 spiro atoms. The second kappa shape index (κ2) is 7.16. The first kappa shape index (κ1) is 15.4. The number of hydrogen-bond donors (Lipinski definition) is 1. The van der Waals surface area contributed by atoms with Crippen LogP contribution in [0.3, 0.4) is 0 Å². The zero-order chi connectivity index (χ0) is 15.2. The van der Waals surface area contributed by atoms with Crippen molar-refractivity contribution >= 4 is 40.9 Å². The fourth-order valence-corrected chi connectivity index (χ4v) is 2.14. The normalized spacial score (nSPS) is 10.6. The maximum atomic E-state index is 11.8. The third-order valence-corrected chi connectivity index (χ3v) is 3.36. The number of nitrogens with one attached hydrogen (secondary N) is 1. The van der Waals surface area contributed by atoms with Gasteiger partial charge in [0.15, 0.2) is 0 Å². The average Bonchev–Trinajstić information content (AvgIpc) is 2.48. The lowest BCUT2D eigenvalue weighted by atomic mass is 10.2.